The van der Waals surface area contributed by atoms with Crippen LogP contribution in [0.2, 0.25) is 0 Å². The number of carboxylic acids is 1. The van der Waals surface area contributed by atoms with Crippen molar-refractivity contribution in [3.05, 3.63) is 30.3 Å². The maximum absolute atomic E-state index is 12.0. The first kappa shape index (κ1) is 16.9. The lowest BCUT2D eigenvalue weighted by atomic mass is 10.2. The third kappa shape index (κ3) is 5.06. The van der Waals surface area contributed by atoms with Gasteiger partial charge in [-0.3, -0.25) is 9.59 Å². The number of benzene rings is 1. The number of rotatable bonds is 8. The second kappa shape index (κ2) is 8.28. The number of thioether (sulfide) groups is 1. The highest BCUT2D eigenvalue weighted by Gasteiger charge is 2.18. The molecule has 0 radical (unpaired) electrons. The highest BCUT2D eigenvalue weighted by Crippen LogP contribution is 2.13. The summed E-state index contributed by atoms with van der Waals surface area (Å²) in [6, 6.07) is 8.79. The third-order valence-corrected chi connectivity index (χ3v) is 3.90. The first-order chi connectivity index (χ1) is 11.1. The van der Waals surface area contributed by atoms with Gasteiger partial charge in [0.05, 0.1) is 5.75 Å². The Balaban J connectivity index is 1.85. The summed E-state index contributed by atoms with van der Waals surface area (Å²) in [5.74, 6) is -0.0865. The smallest absolute Gasteiger partial charge is 0.313 e. The largest absolute Gasteiger partial charge is 0.481 e. The normalized spacial score (nSPS) is 11.9. The molecule has 1 atom stereocenters. The molecule has 8 nitrogen and oxygen atoms in total. The van der Waals surface area contributed by atoms with Crippen LogP contribution in [0.25, 0.3) is 11.4 Å². The number of tetrazole rings is 1. The molecule has 0 aliphatic carbocycles. The van der Waals surface area contributed by atoms with Crippen molar-refractivity contribution in [1.82, 2.24) is 25.5 Å². The van der Waals surface area contributed by atoms with Crippen LogP contribution >= 0.6 is 11.8 Å². The Kier molecular flexibility index (Phi) is 6.10. The van der Waals surface area contributed by atoms with Crippen molar-refractivity contribution in [2.45, 2.75) is 13.0 Å². The Hall–Kier alpha value is -2.42. The maximum Gasteiger partial charge on any atom is 0.313 e. The molecule has 9 heteroatoms. The van der Waals surface area contributed by atoms with Crippen molar-refractivity contribution in [3.8, 4) is 11.4 Å². The Bertz CT molecular complexity index is 661. The zero-order valence-electron chi connectivity index (χ0n) is 12.5. The highest BCUT2D eigenvalue weighted by atomic mass is 32.2. The Labute approximate surface area is 137 Å². The van der Waals surface area contributed by atoms with E-state index in [0.717, 1.165) is 5.56 Å². The summed E-state index contributed by atoms with van der Waals surface area (Å²) in [6.45, 7) is 2.07. The lowest BCUT2D eigenvalue weighted by molar-refractivity contribution is -0.134. The minimum Gasteiger partial charge on any atom is -0.481 e. The summed E-state index contributed by atoms with van der Waals surface area (Å²) in [6.07, 6.45) is 0. The van der Waals surface area contributed by atoms with Crippen LogP contribution in [-0.2, 0) is 9.59 Å². The van der Waals surface area contributed by atoms with Gasteiger partial charge in [-0.1, -0.05) is 30.3 Å². The molecule has 0 aliphatic heterocycles. The van der Waals surface area contributed by atoms with E-state index in [1.807, 2.05) is 30.3 Å². The fourth-order valence-electron chi connectivity index (χ4n) is 1.75. The number of nitrogens with zero attached hydrogens (tertiary/aromatic N) is 4. The maximum atomic E-state index is 12.0. The molecule has 2 N–H and O–H groups in total. The number of hydrogen-bond donors (Lipinski definition) is 2. The molecule has 1 heterocycles. The number of hydrogen-bond acceptors (Lipinski definition) is 6. The number of aliphatic carboxylic acids is 1. The van der Waals surface area contributed by atoms with Crippen molar-refractivity contribution in [2.75, 3.05) is 18.1 Å². The van der Waals surface area contributed by atoms with Crippen LogP contribution in [0.3, 0.4) is 0 Å². The van der Waals surface area contributed by atoms with Gasteiger partial charge in [0, 0.05) is 17.9 Å². The van der Waals surface area contributed by atoms with Crippen molar-refractivity contribution < 1.29 is 14.7 Å². The molecule has 0 saturated carbocycles. The van der Waals surface area contributed by atoms with Gasteiger partial charge in [0.15, 0.2) is 0 Å². The number of nitrogens with one attached hydrogen (secondary N) is 1. The lowest BCUT2D eigenvalue weighted by Crippen LogP contribution is -2.33. The van der Waals surface area contributed by atoms with Crippen molar-refractivity contribution >= 4 is 23.6 Å². The summed E-state index contributed by atoms with van der Waals surface area (Å²) in [5.41, 5.74) is 0.830. The van der Waals surface area contributed by atoms with Gasteiger partial charge in [-0.25, -0.2) is 0 Å². The summed E-state index contributed by atoms with van der Waals surface area (Å²) in [5, 5.41) is 23.3. The molecule has 2 rings (SSSR count). The molecular weight excluding hydrogens is 318 g/mol. The Morgan fingerprint density at radius 3 is 2.78 bits per heavy atom. The van der Waals surface area contributed by atoms with Crippen LogP contribution < -0.4 is 5.32 Å². The second-order valence-corrected chi connectivity index (χ2v) is 5.82. The topological polar surface area (TPSA) is 110 Å². The molecule has 1 unspecified atom stereocenters. The van der Waals surface area contributed by atoms with E-state index in [9.17, 15) is 9.59 Å². The number of carbonyl (C=O) groups is 2. The molecule has 0 saturated heterocycles. The molecule has 0 spiro atoms. The number of aromatic nitrogens is 4. The van der Waals surface area contributed by atoms with E-state index in [4.69, 9.17) is 5.11 Å². The molecule has 0 aliphatic rings. The summed E-state index contributed by atoms with van der Waals surface area (Å²) < 4.78 is 0. The second-order valence-electron chi connectivity index (χ2n) is 4.71. The van der Waals surface area contributed by atoms with E-state index < -0.39 is 12.0 Å². The minimum atomic E-state index is -0.866. The van der Waals surface area contributed by atoms with Crippen LogP contribution in [0, 0.1) is 0 Å². The standard InChI is InChI=1S/C14H17N5O3S/c1-10(14(22)15-7-8-23-9-12(20)21)19-17-13(16-18-19)11-5-3-2-4-6-11/h2-6,10H,7-9H2,1H3,(H,15,22)(H,20,21). The van der Waals surface area contributed by atoms with Crippen molar-refractivity contribution in [2.24, 2.45) is 0 Å². The minimum absolute atomic E-state index is 0.0243. The molecular formula is C14H17N5O3S. The average Bonchev–Trinajstić information content (AvgIpc) is 3.04. The monoisotopic (exact) mass is 335 g/mol. The predicted octanol–water partition coefficient (Wildman–Crippen LogP) is 0.835. The third-order valence-electron chi connectivity index (χ3n) is 2.96. The molecule has 1 aromatic heterocycles. The fourth-order valence-corrected chi connectivity index (χ4v) is 2.32. The van der Waals surface area contributed by atoms with E-state index in [1.165, 1.54) is 16.6 Å². The molecule has 0 fully saturated rings. The zero-order valence-corrected chi connectivity index (χ0v) is 13.4. The number of amides is 1. The molecule has 122 valence electrons. The summed E-state index contributed by atoms with van der Waals surface area (Å²) in [4.78, 5) is 23.7. The Morgan fingerprint density at radius 1 is 1.35 bits per heavy atom. The predicted molar refractivity (Wildman–Crippen MR) is 85.9 cm³/mol. The lowest BCUT2D eigenvalue weighted by Gasteiger charge is -2.10. The van der Waals surface area contributed by atoms with Crippen LogP contribution in [0.15, 0.2) is 30.3 Å². The van der Waals surface area contributed by atoms with E-state index in [2.05, 4.69) is 20.7 Å². The zero-order chi connectivity index (χ0) is 16.7. The summed E-state index contributed by atoms with van der Waals surface area (Å²) >= 11 is 1.25. The molecule has 0 bridgehead atoms. The average molecular weight is 335 g/mol. The van der Waals surface area contributed by atoms with Crippen LogP contribution in [0.4, 0.5) is 0 Å². The van der Waals surface area contributed by atoms with Gasteiger partial charge < -0.3 is 10.4 Å². The first-order valence-corrected chi connectivity index (χ1v) is 8.15. The van der Waals surface area contributed by atoms with Gasteiger partial charge in [0.2, 0.25) is 11.7 Å². The number of carbonyl (C=O) groups excluding carboxylic acids is 1. The molecule has 1 amide bonds. The quantitative estimate of drug-likeness (QED) is 0.688. The number of carboxylic acid groups (broad SMARTS) is 1. The molecule has 2 aromatic rings. The van der Waals surface area contributed by atoms with Gasteiger partial charge in [0.25, 0.3) is 0 Å². The Morgan fingerprint density at radius 2 is 2.09 bits per heavy atom. The molecule has 1 aromatic carbocycles. The van der Waals surface area contributed by atoms with Gasteiger partial charge in [-0.15, -0.1) is 22.0 Å². The van der Waals surface area contributed by atoms with Gasteiger partial charge in [-0.2, -0.15) is 4.80 Å². The van der Waals surface area contributed by atoms with E-state index in [-0.39, 0.29) is 11.7 Å². The van der Waals surface area contributed by atoms with E-state index in [1.54, 1.807) is 6.92 Å². The highest BCUT2D eigenvalue weighted by molar-refractivity contribution is 7.99. The van der Waals surface area contributed by atoms with Gasteiger partial charge in [0.1, 0.15) is 6.04 Å². The summed E-state index contributed by atoms with van der Waals surface area (Å²) in [7, 11) is 0. The van der Waals surface area contributed by atoms with Crippen molar-refractivity contribution in [3.63, 3.8) is 0 Å². The van der Waals surface area contributed by atoms with Crippen LogP contribution in [0.1, 0.15) is 13.0 Å². The first-order valence-electron chi connectivity index (χ1n) is 7.00. The van der Waals surface area contributed by atoms with Gasteiger partial charge >= 0.3 is 5.97 Å². The van der Waals surface area contributed by atoms with E-state index in [0.29, 0.717) is 18.1 Å². The van der Waals surface area contributed by atoms with Crippen LogP contribution in [-0.4, -0.2) is 55.2 Å². The fraction of sp³-hybridized carbons (Fsp3) is 0.357. The molecule has 23 heavy (non-hydrogen) atoms. The van der Waals surface area contributed by atoms with Crippen LogP contribution in [0.5, 0.6) is 0 Å². The van der Waals surface area contributed by atoms with Gasteiger partial charge in [-0.05, 0) is 12.1 Å². The van der Waals surface area contributed by atoms with E-state index >= 15 is 0 Å². The SMILES string of the molecule is CC(C(=O)NCCSCC(=O)O)n1nnc(-c2ccccc2)n1. The van der Waals surface area contributed by atoms with Crippen molar-refractivity contribution in [1.29, 1.82) is 0 Å².